The summed E-state index contributed by atoms with van der Waals surface area (Å²) in [6.45, 7) is 1.91. The lowest BCUT2D eigenvalue weighted by Gasteiger charge is -2.21. The van der Waals surface area contributed by atoms with Gasteiger partial charge in [0, 0.05) is 31.1 Å². The molecule has 24 heavy (non-hydrogen) atoms. The minimum Gasteiger partial charge on any atom is -0.495 e. The molecule has 1 aliphatic heterocycles. The van der Waals surface area contributed by atoms with Crippen molar-refractivity contribution in [1.29, 1.82) is 0 Å². The number of anilines is 2. The fourth-order valence-electron chi connectivity index (χ4n) is 3.23. The Hall–Kier alpha value is -2.01. The van der Waals surface area contributed by atoms with Crippen LogP contribution in [0, 0.1) is 0 Å². The fourth-order valence-corrected chi connectivity index (χ4v) is 3.42. The Labute approximate surface area is 147 Å². The lowest BCUT2D eigenvalue weighted by Crippen LogP contribution is -2.26. The van der Waals surface area contributed by atoms with Crippen LogP contribution in [0.1, 0.15) is 31.0 Å². The monoisotopic (exact) mass is 344 g/mol. The number of para-hydroxylation sites is 2. The summed E-state index contributed by atoms with van der Waals surface area (Å²) in [5.41, 5.74) is 1.14. The molecule has 2 heterocycles. The molecule has 0 bridgehead atoms. The Morgan fingerprint density at radius 3 is 2.83 bits per heavy atom. The molecule has 2 fully saturated rings. The van der Waals surface area contributed by atoms with E-state index in [1.807, 2.05) is 24.3 Å². The SMILES string of the molecule is COc1ccccc1N1CCC(Nc2cc(Cl)nc(C3CC3)n2)C1. The average Bonchev–Trinajstić information content (AvgIpc) is 3.34. The van der Waals surface area contributed by atoms with Crippen LogP contribution >= 0.6 is 11.6 Å². The number of rotatable bonds is 5. The predicted octanol–water partition coefficient (Wildman–Crippen LogP) is 3.71. The molecule has 1 aromatic carbocycles. The molecule has 0 radical (unpaired) electrons. The normalized spacial score (nSPS) is 20.2. The third kappa shape index (κ3) is 3.26. The van der Waals surface area contributed by atoms with E-state index in [9.17, 15) is 0 Å². The highest BCUT2D eigenvalue weighted by atomic mass is 35.5. The Kier molecular flexibility index (Phi) is 4.19. The summed E-state index contributed by atoms with van der Waals surface area (Å²) in [5, 5.41) is 4.05. The van der Waals surface area contributed by atoms with E-state index in [2.05, 4.69) is 26.3 Å². The molecule has 1 atom stereocenters. The second kappa shape index (κ2) is 6.48. The van der Waals surface area contributed by atoms with E-state index < -0.39 is 0 Å². The Bertz CT molecular complexity index is 735. The van der Waals surface area contributed by atoms with Crippen molar-refractivity contribution in [3.8, 4) is 5.75 Å². The number of aromatic nitrogens is 2. The summed E-state index contributed by atoms with van der Waals surface area (Å²) in [6.07, 6.45) is 3.40. The van der Waals surface area contributed by atoms with Crippen LogP contribution in [0.4, 0.5) is 11.5 Å². The van der Waals surface area contributed by atoms with Crippen molar-refractivity contribution in [2.24, 2.45) is 0 Å². The van der Waals surface area contributed by atoms with Crippen LogP contribution in [0.3, 0.4) is 0 Å². The van der Waals surface area contributed by atoms with E-state index in [-0.39, 0.29) is 0 Å². The number of halogens is 1. The zero-order valence-electron chi connectivity index (χ0n) is 13.7. The molecule has 1 aromatic heterocycles. The maximum atomic E-state index is 6.15. The van der Waals surface area contributed by atoms with Crippen molar-refractivity contribution in [2.45, 2.75) is 31.2 Å². The minimum absolute atomic E-state index is 0.341. The summed E-state index contributed by atoms with van der Waals surface area (Å²) in [7, 11) is 1.72. The van der Waals surface area contributed by atoms with Crippen molar-refractivity contribution in [2.75, 3.05) is 30.4 Å². The second-order valence-electron chi connectivity index (χ2n) is 6.46. The Morgan fingerprint density at radius 1 is 1.21 bits per heavy atom. The fraction of sp³-hybridized carbons (Fsp3) is 0.444. The van der Waals surface area contributed by atoms with Crippen molar-refractivity contribution in [3.05, 3.63) is 41.3 Å². The molecule has 2 aliphatic rings. The van der Waals surface area contributed by atoms with Crippen LogP contribution in [0.25, 0.3) is 0 Å². The summed E-state index contributed by atoms with van der Waals surface area (Å²) < 4.78 is 5.48. The number of benzene rings is 1. The highest BCUT2D eigenvalue weighted by Gasteiger charge is 2.28. The van der Waals surface area contributed by atoms with E-state index in [1.54, 1.807) is 7.11 Å². The van der Waals surface area contributed by atoms with Crippen LogP contribution in [-0.4, -0.2) is 36.2 Å². The van der Waals surface area contributed by atoms with Gasteiger partial charge in [0.25, 0.3) is 0 Å². The first kappa shape index (κ1) is 15.5. The van der Waals surface area contributed by atoms with Crippen molar-refractivity contribution < 1.29 is 4.74 Å². The maximum absolute atomic E-state index is 6.15. The van der Waals surface area contributed by atoms with Gasteiger partial charge in [0.15, 0.2) is 0 Å². The van der Waals surface area contributed by atoms with Crippen LogP contribution in [0.15, 0.2) is 30.3 Å². The number of hydrogen-bond acceptors (Lipinski definition) is 5. The van der Waals surface area contributed by atoms with Gasteiger partial charge >= 0.3 is 0 Å². The molecule has 2 aromatic rings. The topological polar surface area (TPSA) is 50.3 Å². The molecule has 4 rings (SSSR count). The van der Waals surface area contributed by atoms with Crippen LogP contribution in [0.5, 0.6) is 5.75 Å². The molecule has 1 saturated carbocycles. The lowest BCUT2D eigenvalue weighted by molar-refractivity contribution is 0.415. The quantitative estimate of drug-likeness (QED) is 0.838. The van der Waals surface area contributed by atoms with Crippen molar-refractivity contribution in [1.82, 2.24) is 9.97 Å². The van der Waals surface area contributed by atoms with Gasteiger partial charge in [-0.2, -0.15) is 0 Å². The first-order valence-electron chi connectivity index (χ1n) is 8.42. The van der Waals surface area contributed by atoms with E-state index in [0.717, 1.165) is 42.6 Å². The largest absolute Gasteiger partial charge is 0.495 e. The molecular formula is C18H21ClN4O. The van der Waals surface area contributed by atoms with E-state index >= 15 is 0 Å². The molecule has 1 N–H and O–H groups in total. The smallest absolute Gasteiger partial charge is 0.142 e. The lowest BCUT2D eigenvalue weighted by atomic mass is 10.2. The number of nitrogens with zero attached hydrogens (tertiary/aromatic N) is 3. The van der Waals surface area contributed by atoms with Gasteiger partial charge in [-0.05, 0) is 31.4 Å². The Balaban J connectivity index is 1.46. The molecule has 1 saturated heterocycles. The summed E-state index contributed by atoms with van der Waals surface area (Å²) in [5.74, 6) is 3.13. The van der Waals surface area contributed by atoms with Gasteiger partial charge in [-0.3, -0.25) is 0 Å². The van der Waals surface area contributed by atoms with E-state index in [0.29, 0.717) is 17.1 Å². The van der Waals surface area contributed by atoms with E-state index in [1.165, 1.54) is 12.8 Å². The van der Waals surface area contributed by atoms with Gasteiger partial charge in [0.05, 0.1) is 12.8 Å². The van der Waals surface area contributed by atoms with Gasteiger partial charge in [-0.25, -0.2) is 9.97 Å². The number of methoxy groups -OCH3 is 1. The zero-order chi connectivity index (χ0) is 16.5. The van der Waals surface area contributed by atoms with Crippen molar-refractivity contribution >= 4 is 23.1 Å². The summed E-state index contributed by atoms with van der Waals surface area (Å²) in [4.78, 5) is 11.3. The van der Waals surface area contributed by atoms with Gasteiger partial charge in [0.2, 0.25) is 0 Å². The Morgan fingerprint density at radius 2 is 2.04 bits per heavy atom. The molecule has 5 nitrogen and oxygen atoms in total. The number of ether oxygens (including phenoxy) is 1. The standard InChI is InChI=1S/C18H21ClN4O/c1-24-15-5-3-2-4-14(15)23-9-8-13(11-23)20-17-10-16(19)21-18(22-17)12-6-7-12/h2-5,10,12-13H,6-9,11H2,1H3,(H,20,21,22). The van der Waals surface area contributed by atoms with Crippen LogP contribution < -0.4 is 15.0 Å². The van der Waals surface area contributed by atoms with Gasteiger partial charge in [-0.15, -0.1) is 0 Å². The van der Waals surface area contributed by atoms with Gasteiger partial charge in [-0.1, -0.05) is 23.7 Å². The maximum Gasteiger partial charge on any atom is 0.142 e. The zero-order valence-corrected chi connectivity index (χ0v) is 14.5. The second-order valence-corrected chi connectivity index (χ2v) is 6.84. The number of hydrogen-bond donors (Lipinski definition) is 1. The highest BCUT2D eigenvalue weighted by Crippen LogP contribution is 2.39. The minimum atomic E-state index is 0.341. The predicted molar refractivity (Wildman–Crippen MR) is 96.3 cm³/mol. The van der Waals surface area contributed by atoms with Gasteiger partial charge in [0.1, 0.15) is 22.5 Å². The third-order valence-corrected chi connectivity index (χ3v) is 4.81. The summed E-state index contributed by atoms with van der Waals surface area (Å²) >= 11 is 6.15. The van der Waals surface area contributed by atoms with Crippen molar-refractivity contribution in [3.63, 3.8) is 0 Å². The molecule has 1 aliphatic carbocycles. The van der Waals surface area contributed by atoms with Crippen LogP contribution in [-0.2, 0) is 0 Å². The third-order valence-electron chi connectivity index (χ3n) is 4.62. The molecule has 126 valence electrons. The average molecular weight is 345 g/mol. The first-order valence-corrected chi connectivity index (χ1v) is 8.79. The number of nitrogens with one attached hydrogen (secondary N) is 1. The summed E-state index contributed by atoms with van der Waals surface area (Å²) in [6, 6.07) is 10.3. The van der Waals surface area contributed by atoms with Gasteiger partial charge < -0.3 is 15.0 Å². The molecule has 6 heteroatoms. The van der Waals surface area contributed by atoms with E-state index in [4.69, 9.17) is 16.3 Å². The van der Waals surface area contributed by atoms with Crippen LogP contribution in [0.2, 0.25) is 5.15 Å². The molecular weight excluding hydrogens is 324 g/mol. The first-order chi connectivity index (χ1) is 11.7. The highest BCUT2D eigenvalue weighted by molar-refractivity contribution is 6.29. The molecule has 0 spiro atoms. The molecule has 0 amide bonds. The molecule has 1 unspecified atom stereocenters.